The molecule has 3 rings (SSSR count). The molecule has 0 spiro atoms. The van der Waals surface area contributed by atoms with Crippen LogP contribution in [0.25, 0.3) is 0 Å². The first-order valence-corrected chi connectivity index (χ1v) is 8.91. The van der Waals surface area contributed by atoms with E-state index in [-0.39, 0.29) is 24.3 Å². The number of nitrogens with zero attached hydrogens (tertiary/aromatic N) is 1. The molecule has 1 amide bonds. The van der Waals surface area contributed by atoms with Crippen molar-refractivity contribution in [3.63, 3.8) is 0 Å². The minimum absolute atomic E-state index is 0.0225. The molecule has 1 aromatic carbocycles. The number of benzene rings is 1. The summed E-state index contributed by atoms with van der Waals surface area (Å²) in [4.78, 5) is 28.8. The first-order valence-electron chi connectivity index (χ1n) is 8.91. The summed E-state index contributed by atoms with van der Waals surface area (Å²) in [5, 5.41) is 12.9. The van der Waals surface area contributed by atoms with Crippen molar-refractivity contribution in [3.05, 3.63) is 65.5 Å². The lowest BCUT2D eigenvalue weighted by Gasteiger charge is -2.27. The molecule has 136 valence electrons. The van der Waals surface area contributed by atoms with Gasteiger partial charge in [0.25, 0.3) is 0 Å². The number of hydrogen-bond acceptors (Lipinski definition) is 3. The summed E-state index contributed by atoms with van der Waals surface area (Å²) >= 11 is 0. The third-order valence-corrected chi connectivity index (χ3v) is 5.18. The first-order chi connectivity index (χ1) is 12.4. The largest absolute Gasteiger partial charge is 0.481 e. The highest BCUT2D eigenvalue weighted by Crippen LogP contribution is 2.40. The van der Waals surface area contributed by atoms with E-state index < -0.39 is 11.4 Å². The predicted octanol–water partition coefficient (Wildman–Crippen LogP) is 3.15. The average Bonchev–Trinajstić information content (AvgIpc) is 2.99. The molecule has 0 saturated carbocycles. The predicted molar refractivity (Wildman–Crippen MR) is 98.5 cm³/mol. The Balaban J connectivity index is 1.76. The molecular formula is C21H24N2O3. The van der Waals surface area contributed by atoms with Crippen molar-refractivity contribution in [1.29, 1.82) is 0 Å². The van der Waals surface area contributed by atoms with Crippen molar-refractivity contribution >= 4 is 11.9 Å². The number of hydrogen-bond donors (Lipinski definition) is 2. The molecule has 1 aliphatic carbocycles. The number of rotatable bonds is 6. The van der Waals surface area contributed by atoms with Gasteiger partial charge in [-0.15, -0.1) is 0 Å². The van der Waals surface area contributed by atoms with Gasteiger partial charge in [0, 0.05) is 18.8 Å². The van der Waals surface area contributed by atoms with Crippen LogP contribution in [-0.2, 0) is 22.4 Å². The van der Waals surface area contributed by atoms with Gasteiger partial charge in [-0.1, -0.05) is 38.1 Å². The monoisotopic (exact) mass is 352 g/mol. The van der Waals surface area contributed by atoms with Gasteiger partial charge in [0.1, 0.15) is 0 Å². The van der Waals surface area contributed by atoms with E-state index >= 15 is 0 Å². The maximum atomic E-state index is 12.8. The maximum Gasteiger partial charge on any atom is 0.310 e. The number of nitrogens with one attached hydrogen (secondary N) is 1. The number of carbonyl (C=O) groups is 2. The van der Waals surface area contributed by atoms with Crippen LogP contribution in [0.3, 0.4) is 0 Å². The van der Waals surface area contributed by atoms with Crippen molar-refractivity contribution in [2.24, 2.45) is 11.3 Å². The number of aromatic nitrogens is 1. The van der Waals surface area contributed by atoms with Crippen molar-refractivity contribution < 1.29 is 14.7 Å². The third kappa shape index (κ3) is 3.62. The molecule has 0 radical (unpaired) electrons. The van der Waals surface area contributed by atoms with Gasteiger partial charge in [0.15, 0.2) is 0 Å². The highest BCUT2D eigenvalue weighted by molar-refractivity contribution is 5.86. The highest BCUT2D eigenvalue weighted by Gasteiger charge is 2.45. The lowest BCUT2D eigenvalue weighted by atomic mass is 9.81. The SMILES string of the molecule is CC(C)C(NC(=O)CC1(C(=O)O)Cc2ccccc2C1)c1ccncc1. The van der Waals surface area contributed by atoms with E-state index in [9.17, 15) is 14.7 Å². The molecule has 1 unspecified atom stereocenters. The number of aliphatic carboxylic acids is 1. The fraction of sp³-hybridized carbons (Fsp3) is 0.381. The van der Waals surface area contributed by atoms with Gasteiger partial charge < -0.3 is 10.4 Å². The lowest BCUT2D eigenvalue weighted by Crippen LogP contribution is -2.40. The van der Waals surface area contributed by atoms with Crippen LogP contribution >= 0.6 is 0 Å². The Morgan fingerprint density at radius 1 is 1.12 bits per heavy atom. The van der Waals surface area contributed by atoms with Gasteiger partial charge in [-0.3, -0.25) is 14.6 Å². The number of amides is 1. The van der Waals surface area contributed by atoms with Crippen LogP contribution in [0.5, 0.6) is 0 Å². The van der Waals surface area contributed by atoms with Crippen LogP contribution in [0.4, 0.5) is 0 Å². The smallest absolute Gasteiger partial charge is 0.310 e. The zero-order valence-electron chi connectivity index (χ0n) is 15.1. The number of carboxylic acid groups (broad SMARTS) is 1. The Morgan fingerprint density at radius 2 is 1.69 bits per heavy atom. The van der Waals surface area contributed by atoms with Gasteiger partial charge >= 0.3 is 5.97 Å². The summed E-state index contributed by atoms with van der Waals surface area (Å²) in [5.74, 6) is -0.951. The van der Waals surface area contributed by atoms with Crippen molar-refractivity contribution in [2.45, 2.75) is 39.2 Å². The van der Waals surface area contributed by atoms with Gasteiger partial charge in [-0.2, -0.15) is 0 Å². The fourth-order valence-corrected chi connectivity index (χ4v) is 3.78. The molecule has 5 nitrogen and oxygen atoms in total. The summed E-state index contributed by atoms with van der Waals surface area (Å²) in [7, 11) is 0. The number of fused-ring (bicyclic) bond motifs is 1. The van der Waals surface area contributed by atoms with Crippen molar-refractivity contribution in [1.82, 2.24) is 10.3 Å². The number of carbonyl (C=O) groups excluding carboxylic acids is 1. The molecule has 1 aliphatic rings. The minimum atomic E-state index is -1.06. The molecule has 1 atom stereocenters. The summed E-state index contributed by atoms with van der Waals surface area (Å²) in [6, 6.07) is 11.3. The third-order valence-electron chi connectivity index (χ3n) is 5.18. The van der Waals surface area contributed by atoms with E-state index in [1.807, 2.05) is 50.2 Å². The molecular weight excluding hydrogens is 328 g/mol. The summed E-state index contributed by atoms with van der Waals surface area (Å²) in [6.07, 6.45) is 4.17. The second-order valence-electron chi connectivity index (χ2n) is 7.45. The molecule has 26 heavy (non-hydrogen) atoms. The number of pyridine rings is 1. The van der Waals surface area contributed by atoms with Gasteiger partial charge in [0.05, 0.1) is 11.5 Å². The lowest BCUT2D eigenvalue weighted by molar-refractivity contribution is -0.151. The van der Waals surface area contributed by atoms with Crippen LogP contribution in [0.2, 0.25) is 0 Å². The highest BCUT2D eigenvalue weighted by atomic mass is 16.4. The first kappa shape index (κ1) is 18.1. The van der Waals surface area contributed by atoms with E-state index in [1.165, 1.54) is 0 Å². The average molecular weight is 352 g/mol. The van der Waals surface area contributed by atoms with E-state index in [0.29, 0.717) is 12.8 Å². The Hall–Kier alpha value is -2.69. The van der Waals surface area contributed by atoms with Crippen LogP contribution < -0.4 is 5.32 Å². The fourth-order valence-electron chi connectivity index (χ4n) is 3.78. The Bertz CT molecular complexity index is 777. The topological polar surface area (TPSA) is 79.3 Å². The second-order valence-corrected chi connectivity index (χ2v) is 7.45. The molecule has 0 saturated heterocycles. The van der Waals surface area contributed by atoms with Crippen molar-refractivity contribution in [2.75, 3.05) is 0 Å². The molecule has 0 aliphatic heterocycles. The Kier molecular flexibility index (Phi) is 5.07. The normalized spacial score (nSPS) is 16.1. The number of carboxylic acids is 1. The zero-order chi connectivity index (χ0) is 18.7. The summed E-state index contributed by atoms with van der Waals surface area (Å²) < 4.78 is 0. The molecule has 0 fully saturated rings. The Morgan fingerprint density at radius 3 is 2.19 bits per heavy atom. The van der Waals surface area contributed by atoms with Gasteiger partial charge in [-0.05, 0) is 47.6 Å². The van der Waals surface area contributed by atoms with Gasteiger partial charge in [-0.25, -0.2) is 0 Å². The van der Waals surface area contributed by atoms with Crippen LogP contribution in [0, 0.1) is 11.3 Å². The Labute approximate surface area is 153 Å². The van der Waals surface area contributed by atoms with E-state index in [0.717, 1.165) is 16.7 Å². The standard InChI is InChI=1S/C21H24N2O3/c1-14(2)19(15-7-9-22-10-8-15)23-18(24)13-21(20(25)26)11-16-5-3-4-6-17(16)12-21/h3-10,14,19H,11-13H2,1-2H3,(H,23,24)(H,25,26). The van der Waals surface area contributed by atoms with Crippen molar-refractivity contribution in [3.8, 4) is 0 Å². The van der Waals surface area contributed by atoms with E-state index in [2.05, 4.69) is 10.3 Å². The summed E-state index contributed by atoms with van der Waals surface area (Å²) in [5.41, 5.74) is 1.96. The molecule has 1 aromatic heterocycles. The van der Waals surface area contributed by atoms with Crippen LogP contribution in [-0.4, -0.2) is 22.0 Å². The second kappa shape index (κ2) is 7.28. The minimum Gasteiger partial charge on any atom is -0.481 e. The van der Waals surface area contributed by atoms with Gasteiger partial charge in [0.2, 0.25) is 5.91 Å². The summed E-state index contributed by atoms with van der Waals surface area (Å²) in [6.45, 7) is 4.06. The van der Waals surface area contributed by atoms with E-state index in [4.69, 9.17) is 0 Å². The molecule has 0 bridgehead atoms. The molecule has 5 heteroatoms. The maximum absolute atomic E-state index is 12.8. The molecule has 2 aromatic rings. The zero-order valence-corrected chi connectivity index (χ0v) is 15.1. The molecule has 2 N–H and O–H groups in total. The van der Waals surface area contributed by atoms with Crippen LogP contribution in [0.1, 0.15) is 43.0 Å². The van der Waals surface area contributed by atoms with Crippen LogP contribution in [0.15, 0.2) is 48.8 Å². The van der Waals surface area contributed by atoms with E-state index in [1.54, 1.807) is 12.4 Å². The molecule has 1 heterocycles. The quantitative estimate of drug-likeness (QED) is 0.837.